The Morgan fingerprint density at radius 1 is 1.17 bits per heavy atom. The minimum Gasteiger partial charge on any atom is -0.494 e. The van der Waals surface area contributed by atoms with Crippen LogP contribution in [-0.4, -0.2) is 70.2 Å². The van der Waals surface area contributed by atoms with Crippen LogP contribution in [0.15, 0.2) is 18.2 Å². The van der Waals surface area contributed by atoms with Gasteiger partial charge >= 0.3 is 11.8 Å². The van der Waals surface area contributed by atoms with E-state index >= 15 is 0 Å². The van der Waals surface area contributed by atoms with Crippen LogP contribution in [0.25, 0.3) is 0 Å². The topological polar surface area (TPSA) is 108 Å². The van der Waals surface area contributed by atoms with Crippen LogP contribution in [0.5, 0.6) is 5.75 Å². The fraction of sp³-hybridized carbons (Fsp3) is 0.600. The number of methoxy groups -OCH3 is 1. The van der Waals surface area contributed by atoms with Crippen LogP contribution in [0.2, 0.25) is 0 Å². The summed E-state index contributed by atoms with van der Waals surface area (Å²) in [5, 5.41) is 5.26. The highest BCUT2D eigenvalue weighted by molar-refractivity contribution is 7.92. The van der Waals surface area contributed by atoms with E-state index in [4.69, 9.17) is 4.74 Å². The van der Waals surface area contributed by atoms with Crippen LogP contribution in [0, 0.1) is 0 Å². The highest BCUT2D eigenvalue weighted by atomic mass is 32.2. The van der Waals surface area contributed by atoms with Crippen LogP contribution < -0.4 is 19.7 Å². The maximum Gasteiger partial charge on any atom is 0.313 e. The quantitative estimate of drug-likeness (QED) is 0.646. The molecule has 2 saturated heterocycles. The molecular weight excluding hydrogens is 408 g/mol. The van der Waals surface area contributed by atoms with Gasteiger partial charge in [0.05, 0.1) is 18.6 Å². The molecule has 0 unspecified atom stereocenters. The highest BCUT2D eigenvalue weighted by Gasteiger charge is 2.29. The molecule has 10 heteroatoms. The molecule has 0 saturated carbocycles. The van der Waals surface area contributed by atoms with E-state index in [0.29, 0.717) is 36.6 Å². The molecule has 2 fully saturated rings. The summed E-state index contributed by atoms with van der Waals surface area (Å²) in [5.74, 6) is -1.04. The number of likely N-dealkylation sites (tertiary alicyclic amines) is 1. The summed E-state index contributed by atoms with van der Waals surface area (Å²) >= 11 is 0. The molecule has 2 amide bonds. The Labute approximate surface area is 177 Å². The molecule has 0 radical (unpaired) electrons. The van der Waals surface area contributed by atoms with Gasteiger partial charge in [0.25, 0.3) is 0 Å². The average Bonchev–Trinajstić information content (AvgIpc) is 3.19. The molecule has 30 heavy (non-hydrogen) atoms. The maximum atomic E-state index is 12.4. The third-order valence-corrected chi connectivity index (χ3v) is 7.52. The first-order valence-electron chi connectivity index (χ1n) is 10.4. The molecule has 2 heterocycles. The van der Waals surface area contributed by atoms with Crippen molar-refractivity contribution >= 4 is 33.2 Å². The molecular formula is C20H30N4O5S. The van der Waals surface area contributed by atoms with Crippen molar-refractivity contribution in [2.45, 2.75) is 38.6 Å². The largest absolute Gasteiger partial charge is 0.494 e. The number of benzene rings is 1. The number of amides is 2. The number of carbonyl (C=O) groups is 2. The number of hydrogen-bond donors (Lipinski definition) is 2. The van der Waals surface area contributed by atoms with Gasteiger partial charge < -0.3 is 15.4 Å². The first-order valence-corrected chi connectivity index (χ1v) is 12.0. The molecule has 1 atom stereocenters. The lowest BCUT2D eigenvalue weighted by atomic mass is 10.2. The number of anilines is 2. The van der Waals surface area contributed by atoms with Crippen molar-refractivity contribution < 1.29 is 22.7 Å². The molecule has 0 spiro atoms. The molecule has 1 aromatic rings. The molecule has 2 aliphatic rings. The minimum absolute atomic E-state index is 0.102. The van der Waals surface area contributed by atoms with Gasteiger partial charge in [-0.15, -0.1) is 0 Å². The Balaban J connectivity index is 1.63. The second-order valence-electron chi connectivity index (χ2n) is 7.57. The standard InChI is InChI=1S/C20H30N4O5S/c1-3-23-10-6-7-16(23)14-21-19(25)20(26)22-15-8-9-17(18(13-15)29-2)24-11-4-5-12-30(24,27)28/h8-9,13,16H,3-7,10-12,14H2,1-2H3,(H,21,25)(H,22,26)/t16-/m0/s1. The number of sulfonamides is 1. The normalized spacial score (nSPS) is 21.3. The van der Waals surface area contributed by atoms with E-state index in [1.54, 1.807) is 12.1 Å². The molecule has 0 aromatic heterocycles. The zero-order valence-corrected chi connectivity index (χ0v) is 18.3. The molecule has 0 bridgehead atoms. The zero-order valence-electron chi connectivity index (χ0n) is 17.5. The smallest absolute Gasteiger partial charge is 0.313 e. The Hall–Kier alpha value is -2.33. The van der Waals surface area contributed by atoms with Crippen LogP contribution in [-0.2, 0) is 19.6 Å². The predicted octanol–water partition coefficient (Wildman–Crippen LogP) is 1.16. The van der Waals surface area contributed by atoms with Gasteiger partial charge in [0, 0.05) is 30.9 Å². The van der Waals surface area contributed by atoms with E-state index in [1.807, 2.05) is 0 Å². The van der Waals surface area contributed by atoms with Crippen LogP contribution >= 0.6 is 0 Å². The van der Waals surface area contributed by atoms with E-state index in [1.165, 1.54) is 17.5 Å². The number of nitrogens with one attached hydrogen (secondary N) is 2. The Bertz CT molecular complexity index is 889. The summed E-state index contributed by atoms with van der Waals surface area (Å²) in [7, 11) is -1.94. The van der Waals surface area contributed by atoms with Gasteiger partial charge in [0.1, 0.15) is 5.75 Å². The van der Waals surface area contributed by atoms with Gasteiger partial charge in [-0.2, -0.15) is 0 Å². The van der Waals surface area contributed by atoms with Crippen LogP contribution in [0.3, 0.4) is 0 Å². The molecule has 2 aliphatic heterocycles. The molecule has 166 valence electrons. The van der Waals surface area contributed by atoms with Gasteiger partial charge in [-0.05, 0) is 50.9 Å². The second kappa shape index (κ2) is 9.65. The van der Waals surface area contributed by atoms with Crippen molar-refractivity contribution in [3.05, 3.63) is 18.2 Å². The van der Waals surface area contributed by atoms with Crippen molar-refractivity contribution in [3.63, 3.8) is 0 Å². The average molecular weight is 439 g/mol. The number of ether oxygens (including phenoxy) is 1. The van der Waals surface area contributed by atoms with Crippen molar-refractivity contribution in [2.75, 3.05) is 48.7 Å². The third kappa shape index (κ3) is 5.04. The van der Waals surface area contributed by atoms with Crippen molar-refractivity contribution in [3.8, 4) is 5.75 Å². The lowest BCUT2D eigenvalue weighted by molar-refractivity contribution is -0.136. The first kappa shape index (κ1) is 22.4. The lowest BCUT2D eigenvalue weighted by Crippen LogP contribution is -2.43. The van der Waals surface area contributed by atoms with Crippen molar-refractivity contribution in [1.82, 2.24) is 10.2 Å². The number of carbonyl (C=O) groups excluding carboxylic acids is 2. The summed E-state index contributed by atoms with van der Waals surface area (Å²) in [6.07, 6.45) is 3.52. The summed E-state index contributed by atoms with van der Waals surface area (Å²) in [6, 6.07) is 4.95. The fourth-order valence-corrected chi connectivity index (χ4v) is 5.69. The SMILES string of the molecule is CCN1CCC[C@H]1CNC(=O)C(=O)Nc1ccc(N2CCCCS2(=O)=O)c(OC)c1. The number of likely N-dealkylation sites (N-methyl/N-ethyl adjacent to an activating group) is 1. The minimum atomic E-state index is -3.38. The number of rotatable bonds is 6. The van der Waals surface area contributed by atoms with Crippen LogP contribution in [0.1, 0.15) is 32.6 Å². The van der Waals surface area contributed by atoms with Gasteiger partial charge in [-0.3, -0.25) is 18.8 Å². The Morgan fingerprint density at radius 3 is 2.67 bits per heavy atom. The monoisotopic (exact) mass is 438 g/mol. The predicted molar refractivity (Wildman–Crippen MR) is 115 cm³/mol. The van der Waals surface area contributed by atoms with Gasteiger partial charge in [0.2, 0.25) is 10.0 Å². The van der Waals surface area contributed by atoms with Gasteiger partial charge in [0.15, 0.2) is 0 Å². The van der Waals surface area contributed by atoms with Crippen molar-refractivity contribution in [2.24, 2.45) is 0 Å². The number of nitrogens with zero attached hydrogens (tertiary/aromatic N) is 2. The van der Waals surface area contributed by atoms with Gasteiger partial charge in [-0.1, -0.05) is 6.92 Å². The first-order chi connectivity index (χ1) is 14.4. The zero-order chi connectivity index (χ0) is 21.7. The molecule has 3 rings (SSSR count). The highest BCUT2D eigenvalue weighted by Crippen LogP contribution is 2.34. The molecule has 2 N–H and O–H groups in total. The van der Waals surface area contributed by atoms with Crippen molar-refractivity contribution in [1.29, 1.82) is 0 Å². The third-order valence-electron chi connectivity index (χ3n) is 5.67. The Kier molecular flexibility index (Phi) is 7.19. The molecule has 9 nitrogen and oxygen atoms in total. The summed E-state index contributed by atoms with van der Waals surface area (Å²) in [5.41, 5.74) is 0.793. The van der Waals surface area contributed by atoms with E-state index in [0.717, 1.165) is 32.4 Å². The maximum absolute atomic E-state index is 12.4. The number of hydrogen-bond acceptors (Lipinski definition) is 6. The summed E-state index contributed by atoms with van der Waals surface area (Å²) in [4.78, 5) is 26.8. The molecule has 0 aliphatic carbocycles. The van der Waals surface area contributed by atoms with E-state index < -0.39 is 21.8 Å². The lowest BCUT2D eigenvalue weighted by Gasteiger charge is -2.29. The second-order valence-corrected chi connectivity index (χ2v) is 9.58. The summed E-state index contributed by atoms with van der Waals surface area (Å²) in [6.45, 7) is 4.85. The van der Waals surface area contributed by atoms with E-state index in [-0.39, 0.29) is 11.8 Å². The Morgan fingerprint density at radius 2 is 1.97 bits per heavy atom. The van der Waals surface area contributed by atoms with E-state index in [9.17, 15) is 18.0 Å². The van der Waals surface area contributed by atoms with Crippen LogP contribution in [0.4, 0.5) is 11.4 Å². The fourth-order valence-electron chi connectivity index (χ4n) is 4.04. The van der Waals surface area contributed by atoms with E-state index in [2.05, 4.69) is 22.5 Å². The molecule has 1 aromatic carbocycles. The van der Waals surface area contributed by atoms with Gasteiger partial charge in [-0.25, -0.2) is 8.42 Å². The summed E-state index contributed by atoms with van der Waals surface area (Å²) < 4.78 is 31.4.